The zero-order chi connectivity index (χ0) is 13.3. The molecule has 1 N–H and O–H groups in total. The Morgan fingerprint density at radius 2 is 1.89 bits per heavy atom. The van der Waals surface area contributed by atoms with Crippen molar-refractivity contribution in [2.75, 3.05) is 0 Å². The molecule has 0 spiro atoms. The number of hydrogen-bond donors (Lipinski definition) is 1. The lowest BCUT2D eigenvalue weighted by Gasteiger charge is -2.12. The Balaban J connectivity index is 2.44. The Labute approximate surface area is 113 Å². The molecule has 94 valence electrons. The monoisotopic (exact) mass is 308 g/mol. The van der Waals surface area contributed by atoms with E-state index >= 15 is 0 Å². The molecule has 4 nitrogen and oxygen atoms in total. The molecule has 0 unspecified atom stereocenters. The molecule has 1 heterocycles. The first kappa shape index (κ1) is 12.8. The van der Waals surface area contributed by atoms with Crippen molar-refractivity contribution in [3.8, 4) is 5.75 Å². The summed E-state index contributed by atoms with van der Waals surface area (Å²) in [5.74, 6) is 0.214. The zero-order valence-electron chi connectivity index (χ0n) is 10.1. The van der Waals surface area contributed by atoms with Gasteiger partial charge in [0.15, 0.2) is 0 Å². The van der Waals surface area contributed by atoms with Crippen molar-refractivity contribution >= 4 is 15.9 Å². The summed E-state index contributed by atoms with van der Waals surface area (Å²) >= 11 is 3.43. The average molecular weight is 309 g/mol. The van der Waals surface area contributed by atoms with E-state index in [9.17, 15) is 9.90 Å². The number of aryl methyl sites for hydroxylation is 1. The third-order valence-electron chi connectivity index (χ3n) is 2.81. The fourth-order valence-electron chi connectivity index (χ4n) is 1.75. The van der Waals surface area contributed by atoms with Gasteiger partial charge in [0.25, 0.3) is 0 Å². The smallest absolute Gasteiger partial charge is 0.348 e. The Morgan fingerprint density at radius 1 is 1.28 bits per heavy atom. The maximum Gasteiger partial charge on any atom is 0.348 e. The van der Waals surface area contributed by atoms with Gasteiger partial charge in [0, 0.05) is 5.69 Å². The van der Waals surface area contributed by atoms with Gasteiger partial charge in [0.1, 0.15) is 5.75 Å². The van der Waals surface area contributed by atoms with Gasteiger partial charge < -0.3 is 5.11 Å². The lowest BCUT2D eigenvalue weighted by molar-refractivity contribution is 0.475. The van der Waals surface area contributed by atoms with Crippen molar-refractivity contribution in [3.05, 3.63) is 56.2 Å². The fraction of sp³-hybridized carbons (Fsp3) is 0.231. The molecule has 0 atom stereocenters. The summed E-state index contributed by atoms with van der Waals surface area (Å²) in [6.07, 6.45) is 0. The summed E-state index contributed by atoms with van der Waals surface area (Å²) in [5, 5.41) is 9.22. The van der Waals surface area contributed by atoms with Gasteiger partial charge in [-0.15, -0.1) is 0 Å². The van der Waals surface area contributed by atoms with E-state index in [4.69, 9.17) is 0 Å². The summed E-state index contributed by atoms with van der Waals surface area (Å²) in [6, 6.07) is 6.78. The molecule has 0 aliphatic carbocycles. The normalized spacial score (nSPS) is 10.6. The number of aromatic nitrogens is 2. The molecule has 0 radical (unpaired) electrons. The van der Waals surface area contributed by atoms with E-state index < -0.39 is 0 Å². The molecule has 1 aromatic heterocycles. The molecular formula is C13H13BrN2O2. The van der Waals surface area contributed by atoms with Crippen molar-refractivity contribution in [1.82, 2.24) is 9.55 Å². The number of halogens is 1. The van der Waals surface area contributed by atoms with E-state index in [2.05, 4.69) is 20.9 Å². The van der Waals surface area contributed by atoms with Crippen LogP contribution in [0, 0.1) is 13.8 Å². The van der Waals surface area contributed by atoms with Crippen LogP contribution in [0.2, 0.25) is 0 Å². The molecule has 2 aromatic rings. The van der Waals surface area contributed by atoms with Crippen molar-refractivity contribution in [2.24, 2.45) is 0 Å². The zero-order valence-corrected chi connectivity index (χ0v) is 11.7. The second kappa shape index (κ2) is 4.94. The first-order valence-corrected chi connectivity index (χ1v) is 6.30. The van der Waals surface area contributed by atoms with E-state index in [0.29, 0.717) is 12.2 Å². The highest BCUT2D eigenvalue weighted by atomic mass is 79.9. The van der Waals surface area contributed by atoms with Crippen LogP contribution >= 0.6 is 15.9 Å². The predicted molar refractivity (Wildman–Crippen MR) is 72.9 cm³/mol. The lowest BCUT2D eigenvalue weighted by Crippen LogP contribution is -2.26. The Kier molecular flexibility index (Phi) is 3.52. The molecule has 0 aliphatic heterocycles. The number of hydrogen-bond acceptors (Lipinski definition) is 3. The fourth-order valence-corrected chi connectivity index (χ4v) is 2.05. The molecule has 2 rings (SSSR count). The molecule has 0 saturated carbocycles. The summed E-state index contributed by atoms with van der Waals surface area (Å²) in [5.41, 5.74) is 2.22. The van der Waals surface area contributed by atoms with Crippen LogP contribution in [0.1, 0.15) is 17.0 Å². The molecule has 0 saturated heterocycles. The maximum atomic E-state index is 11.9. The van der Waals surface area contributed by atoms with Crippen molar-refractivity contribution in [2.45, 2.75) is 20.4 Å². The largest absolute Gasteiger partial charge is 0.508 e. The van der Waals surface area contributed by atoms with E-state index in [1.54, 1.807) is 35.8 Å². The minimum Gasteiger partial charge on any atom is -0.508 e. The van der Waals surface area contributed by atoms with E-state index in [1.165, 1.54) is 0 Å². The van der Waals surface area contributed by atoms with Gasteiger partial charge in [-0.2, -0.15) is 4.98 Å². The molecule has 1 aromatic carbocycles. The molecule has 0 amide bonds. The van der Waals surface area contributed by atoms with Crippen molar-refractivity contribution in [3.63, 3.8) is 0 Å². The molecule has 0 fully saturated rings. The number of phenols is 1. The van der Waals surface area contributed by atoms with Gasteiger partial charge in [-0.25, -0.2) is 4.79 Å². The highest BCUT2D eigenvalue weighted by Gasteiger charge is 2.09. The first-order valence-electron chi connectivity index (χ1n) is 5.50. The third-order valence-corrected chi connectivity index (χ3v) is 3.96. The highest BCUT2D eigenvalue weighted by Crippen LogP contribution is 2.18. The maximum absolute atomic E-state index is 11.9. The Morgan fingerprint density at radius 3 is 2.50 bits per heavy atom. The SMILES string of the molecule is Cc1nc(=O)n(Cc2ccc(O)cc2)c(C)c1Br. The number of nitrogens with zero attached hydrogens (tertiary/aromatic N) is 2. The van der Waals surface area contributed by atoms with Crippen LogP contribution in [0.25, 0.3) is 0 Å². The first-order chi connectivity index (χ1) is 8.49. The van der Waals surface area contributed by atoms with E-state index in [-0.39, 0.29) is 11.4 Å². The summed E-state index contributed by atoms with van der Waals surface area (Å²) in [6.45, 7) is 4.11. The Bertz CT molecular complexity index is 633. The van der Waals surface area contributed by atoms with Gasteiger partial charge >= 0.3 is 5.69 Å². The van der Waals surface area contributed by atoms with Crippen LogP contribution in [-0.2, 0) is 6.54 Å². The van der Waals surface area contributed by atoms with Gasteiger partial charge in [0.2, 0.25) is 0 Å². The molecule has 5 heteroatoms. The van der Waals surface area contributed by atoms with Crippen LogP contribution in [0.4, 0.5) is 0 Å². The topological polar surface area (TPSA) is 55.1 Å². The predicted octanol–water partition coefficient (Wildman–Crippen LogP) is 2.38. The van der Waals surface area contributed by atoms with Crippen LogP contribution in [0.5, 0.6) is 5.75 Å². The second-order valence-electron chi connectivity index (χ2n) is 4.13. The Hall–Kier alpha value is -1.62. The van der Waals surface area contributed by atoms with Gasteiger partial charge in [-0.05, 0) is 47.5 Å². The minimum atomic E-state index is -0.263. The lowest BCUT2D eigenvalue weighted by atomic mass is 10.2. The minimum absolute atomic E-state index is 0.214. The van der Waals surface area contributed by atoms with Crippen LogP contribution in [-0.4, -0.2) is 14.7 Å². The standard InChI is InChI=1S/C13H13BrN2O2/c1-8-12(14)9(2)16(13(18)15-8)7-10-3-5-11(17)6-4-10/h3-6,17H,7H2,1-2H3. The van der Waals surface area contributed by atoms with E-state index in [1.807, 2.05) is 6.92 Å². The number of phenolic OH excluding ortho intramolecular Hbond substituents is 1. The van der Waals surface area contributed by atoms with Crippen molar-refractivity contribution in [1.29, 1.82) is 0 Å². The summed E-state index contributed by atoms with van der Waals surface area (Å²) in [7, 11) is 0. The molecule has 0 bridgehead atoms. The highest BCUT2D eigenvalue weighted by molar-refractivity contribution is 9.10. The summed E-state index contributed by atoms with van der Waals surface area (Å²) in [4.78, 5) is 15.8. The third kappa shape index (κ3) is 2.46. The van der Waals surface area contributed by atoms with Crippen LogP contribution in [0.3, 0.4) is 0 Å². The average Bonchev–Trinajstić information content (AvgIpc) is 2.34. The molecule has 18 heavy (non-hydrogen) atoms. The molecule has 0 aliphatic rings. The van der Waals surface area contributed by atoms with Crippen LogP contribution < -0.4 is 5.69 Å². The number of benzene rings is 1. The van der Waals surface area contributed by atoms with Crippen LogP contribution in [0.15, 0.2) is 33.5 Å². The second-order valence-corrected chi connectivity index (χ2v) is 4.92. The van der Waals surface area contributed by atoms with Gasteiger partial charge in [-0.3, -0.25) is 4.57 Å². The van der Waals surface area contributed by atoms with Crippen molar-refractivity contribution < 1.29 is 5.11 Å². The van der Waals surface area contributed by atoms with E-state index in [0.717, 1.165) is 15.7 Å². The molecular weight excluding hydrogens is 296 g/mol. The van der Waals surface area contributed by atoms with Gasteiger partial charge in [-0.1, -0.05) is 12.1 Å². The quantitative estimate of drug-likeness (QED) is 0.926. The van der Waals surface area contributed by atoms with Gasteiger partial charge in [0.05, 0.1) is 16.7 Å². The number of rotatable bonds is 2. The number of aromatic hydroxyl groups is 1. The summed E-state index contributed by atoms with van der Waals surface area (Å²) < 4.78 is 2.45.